The fourth-order valence-electron chi connectivity index (χ4n) is 2.58. The lowest BCUT2D eigenvalue weighted by Gasteiger charge is -2.20. The van der Waals surface area contributed by atoms with Crippen LogP contribution in [0.2, 0.25) is 0 Å². The monoisotopic (exact) mass is 245 g/mol. The predicted octanol–water partition coefficient (Wildman–Crippen LogP) is 3.59. The van der Waals surface area contributed by atoms with Crippen LogP contribution < -0.4 is 0 Å². The molecule has 4 heteroatoms. The Hall–Kier alpha value is -1.71. The van der Waals surface area contributed by atoms with E-state index in [-0.39, 0.29) is 5.82 Å². The summed E-state index contributed by atoms with van der Waals surface area (Å²) in [5.74, 6) is -0.236. The highest BCUT2D eigenvalue weighted by atomic mass is 19.1. The summed E-state index contributed by atoms with van der Waals surface area (Å²) in [4.78, 5) is 0. The molecule has 1 fully saturated rings. The zero-order valence-electron chi connectivity index (χ0n) is 10.2. The third kappa shape index (κ3) is 2.28. The molecular weight excluding hydrogens is 229 g/mol. The minimum absolute atomic E-state index is 0.236. The second kappa shape index (κ2) is 4.88. The Morgan fingerprint density at radius 3 is 2.78 bits per heavy atom. The number of nitrogens with zero attached hydrogens (tertiary/aromatic N) is 3. The molecule has 0 unspecified atom stereocenters. The van der Waals surface area contributed by atoms with E-state index in [0.717, 1.165) is 11.3 Å². The van der Waals surface area contributed by atoms with Crippen LogP contribution in [0.5, 0.6) is 0 Å². The van der Waals surface area contributed by atoms with Crippen LogP contribution in [0, 0.1) is 5.82 Å². The van der Waals surface area contributed by atoms with Crippen molar-refractivity contribution in [2.45, 2.75) is 38.1 Å². The molecule has 1 saturated carbocycles. The van der Waals surface area contributed by atoms with Crippen LogP contribution in [0.3, 0.4) is 0 Å². The molecule has 1 aromatic carbocycles. The summed E-state index contributed by atoms with van der Waals surface area (Å²) in [6.07, 6.45) is 8.13. The van der Waals surface area contributed by atoms with Crippen molar-refractivity contribution in [3.63, 3.8) is 0 Å². The molecule has 1 aliphatic rings. The van der Waals surface area contributed by atoms with E-state index in [1.165, 1.54) is 44.2 Å². The van der Waals surface area contributed by atoms with Gasteiger partial charge in [0.2, 0.25) is 0 Å². The third-order valence-electron chi connectivity index (χ3n) is 3.58. The summed E-state index contributed by atoms with van der Waals surface area (Å²) in [6, 6.07) is 6.96. The average molecular weight is 245 g/mol. The maximum absolute atomic E-state index is 13.2. The van der Waals surface area contributed by atoms with Crippen LogP contribution in [0.4, 0.5) is 4.39 Å². The van der Waals surface area contributed by atoms with Gasteiger partial charge in [-0.2, -0.15) is 0 Å². The molecule has 0 aliphatic heterocycles. The fourth-order valence-corrected chi connectivity index (χ4v) is 2.58. The molecule has 18 heavy (non-hydrogen) atoms. The van der Waals surface area contributed by atoms with Crippen molar-refractivity contribution in [2.75, 3.05) is 0 Å². The summed E-state index contributed by atoms with van der Waals surface area (Å²) in [7, 11) is 0. The Kier molecular flexibility index (Phi) is 3.09. The topological polar surface area (TPSA) is 30.7 Å². The summed E-state index contributed by atoms with van der Waals surface area (Å²) < 4.78 is 15.1. The number of benzene rings is 1. The van der Waals surface area contributed by atoms with Crippen molar-refractivity contribution in [2.24, 2.45) is 0 Å². The van der Waals surface area contributed by atoms with Gasteiger partial charge in [0.1, 0.15) is 11.5 Å². The van der Waals surface area contributed by atoms with Gasteiger partial charge in [-0.05, 0) is 25.0 Å². The zero-order valence-corrected chi connectivity index (χ0v) is 10.2. The SMILES string of the molecule is Fc1cccc(-c2cn(C3CCCCC3)nn2)c1. The van der Waals surface area contributed by atoms with E-state index in [9.17, 15) is 4.39 Å². The number of aromatic nitrogens is 3. The van der Waals surface area contributed by atoms with Gasteiger partial charge in [-0.3, -0.25) is 0 Å². The Balaban J connectivity index is 1.84. The van der Waals surface area contributed by atoms with Gasteiger partial charge in [0, 0.05) is 5.56 Å². The van der Waals surface area contributed by atoms with Crippen molar-refractivity contribution in [3.05, 3.63) is 36.3 Å². The first kappa shape index (κ1) is 11.4. The van der Waals surface area contributed by atoms with Gasteiger partial charge >= 0.3 is 0 Å². The maximum Gasteiger partial charge on any atom is 0.123 e. The van der Waals surface area contributed by atoms with E-state index in [4.69, 9.17) is 0 Å². The Bertz CT molecular complexity index is 529. The van der Waals surface area contributed by atoms with E-state index >= 15 is 0 Å². The van der Waals surface area contributed by atoms with Gasteiger partial charge in [-0.1, -0.05) is 36.6 Å². The Labute approximate surface area is 106 Å². The molecule has 0 atom stereocenters. The molecule has 3 rings (SSSR count). The molecule has 0 spiro atoms. The van der Waals surface area contributed by atoms with E-state index < -0.39 is 0 Å². The fraction of sp³-hybridized carbons (Fsp3) is 0.429. The van der Waals surface area contributed by atoms with Crippen LogP contribution in [0.1, 0.15) is 38.1 Å². The zero-order chi connectivity index (χ0) is 12.4. The molecule has 94 valence electrons. The highest BCUT2D eigenvalue weighted by Gasteiger charge is 2.17. The van der Waals surface area contributed by atoms with Crippen molar-refractivity contribution in [1.82, 2.24) is 15.0 Å². The lowest BCUT2D eigenvalue weighted by atomic mass is 9.96. The van der Waals surface area contributed by atoms with E-state index in [2.05, 4.69) is 10.3 Å². The van der Waals surface area contributed by atoms with Crippen molar-refractivity contribution < 1.29 is 4.39 Å². The number of halogens is 1. The van der Waals surface area contributed by atoms with Crippen LogP contribution in [0.15, 0.2) is 30.5 Å². The molecule has 0 saturated heterocycles. The van der Waals surface area contributed by atoms with E-state index in [1.807, 2.05) is 16.9 Å². The van der Waals surface area contributed by atoms with Crippen molar-refractivity contribution >= 4 is 0 Å². The normalized spacial score (nSPS) is 16.9. The number of hydrogen-bond acceptors (Lipinski definition) is 2. The highest BCUT2D eigenvalue weighted by Crippen LogP contribution is 2.28. The van der Waals surface area contributed by atoms with Crippen LogP contribution in [-0.4, -0.2) is 15.0 Å². The van der Waals surface area contributed by atoms with Gasteiger partial charge in [-0.15, -0.1) is 5.10 Å². The standard InChI is InChI=1S/C14H16FN3/c15-12-6-4-5-11(9-12)14-10-18(17-16-14)13-7-2-1-3-8-13/h4-6,9-10,13H,1-3,7-8H2. The van der Waals surface area contributed by atoms with Gasteiger partial charge in [0.15, 0.2) is 0 Å². The Morgan fingerprint density at radius 2 is 2.00 bits per heavy atom. The molecule has 0 amide bonds. The van der Waals surface area contributed by atoms with Crippen molar-refractivity contribution in [1.29, 1.82) is 0 Å². The summed E-state index contributed by atoms with van der Waals surface area (Å²) >= 11 is 0. The average Bonchev–Trinajstić information content (AvgIpc) is 2.89. The molecule has 1 aliphatic carbocycles. The summed E-state index contributed by atoms with van der Waals surface area (Å²) in [6.45, 7) is 0. The largest absolute Gasteiger partial charge is 0.249 e. The molecule has 3 nitrogen and oxygen atoms in total. The quantitative estimate of drug-likeness (QED) is 0.809. The molecular formula is C14H16FN3. The minimum Gasteiger partial charge on any atom is -0.249 e. The van der Waals surface area contributed by atoms with Crippen LogP contribution >= 0.6 is 0 Å². The molecule has 0 radical (unpaired) electrons. The molecule has 1 aromatic heterocycles. The second-order valence-corrected chi connectivity index (χ2v) is 4.89. The first-order valence-corrected chi connectivity index (χ1v) is 6.51. The minimum atomic E-state index is -0.236. The Morgan fingerprint density at radius 1 is 1.17 bits per heavy atom. The van der Waals surface area contributed by atoms with E-state index in [1.54, 1.807) is 6.07 Å². The second-order valence-electron chi connectivity index (χ2n) is 4.89. The number of hydrogen-bond donors (Lipinski definition) is 0. The lowest BCUT2D eigenvalue weighted by Crippen LogP contribution is -2.13. The first-order chi connectivity index (χ1) is 8.83. The van der Waals surface area contributed by atoms with Crippen LogP contribution in [0.25, 0.3) is 11.3 Å². The lowest BCUT2D eigenvalue weighted by molar-refractivity contribution is 0.324. The van der Waals surface area contributed by atoms with Crippen LogP contribution in [-0.2, 0) is 0 Å². The number of rotatable bonds is 2. The predicted molar refractivity (Wildman–Crippen MR) is 67.5 cm³/mol. The van der Waals surface area contributed by atoms with Gasteiger partial charge < -0.3 is 0 Å². The van der Waals surface area contributed by atoms with Crippen molar-refractivity contribution in [3.8, 4) is 11.3 Å². The summed E-state index contributed by atoms with van der Waals surface area (Å²) in [5.41, 5.74) is 1.54. The smallest absolute Gasteiger partial charge is 0.123 e. The molecule has 1 heterocycles. The van der Waals surface area contributed by atoms with Gasteiger partial charge in [0.05, 0.1) is 12.2 Å². The highest BCUT2D eigenvalue weighted by molar-refractivity contribution is 5.57. The molecule has 0 bridgehead atoms. The first-order valence-electron chi connectivity index (χ1n) is 6.51. The third-order valence-corrected chi connectivity index (χ3v) is 3.58. The molecule has 2 aromatic rings. The van der Waals surface area contributed by atoms with Gasteiger partial charge in [-0.25, -0.2) is 9.07 Å². The summed E-state index contributed by atoms with van der Waals surface area (Å²) in [5, 5.41) is 8.34. The van der Waals surface area contributed by atoms with Gasteiger partial charge in [0.25, 0.3) is 0 Å². The molecule has 0 N–H and O–H groups in total. The van der Waals surface area contributed by atoms with E-state index in [0.29, 0.717) is 6.04 Å². The maximum atomic E-state index is 13.2.